The predicted octanol–water partition coefficient (Wildman–Crippen LogP) is 2.97. The van der Waals surface area contributed by atoms with E-state index in [4.69, 9.17) is 10.3 Å². The molecule has 1 fully saturated rings. The summed E-state index contributed by atoms with van der Waals surface area (Å²) >= 11 is 0. The van der Waals surface area contributed by atoms with Gasteiger partial charge in [-0.25, -0.2) is 0 Å². The lowest BCUT2D eigenvalue weighted by atomic mass is 9.95. The van der Waals surface area contributed by atoms with Crippen molar-refractivity contribution in [2.24, 2.45) is 5.73 Å². The van der Waals surface area contributed by atoms with Gasteiger partial charge in [0.25, 0.3) is 5.89 Å². The van der Waals surface area contributed by atoms with Crippen molar-refractivity contribution in [1.82, 2.24) is 15.0 Å². The molecule has 0 saturated carbocycles. The van der Waals surface area contributed by atoms with Crippen molar-refractivity contribution in [2.75, 3.05) is 13.1 Å². The zero-order valence-electron chi connectivity index (χ0n) is 14.3. The monoisotopic (exact) mass is 334 g/mol. The van der Waals surface area contributed by atoms with Crippen LogP contribution in [0.2, 0.25) is 0 Å². The zero-order valence-corrected chi connectivity index (χ0v) is 14.3. The fourth-order valence-corrected chi connectivity index (χ4v) is 3.54. The molecule has 1 aliphatic rings. The van der Waals surface area contributed by atoms with Gasteiger partial charge in [-0.15, -0.1) is 0 Å². The molecule has 5 nitrogen and oxygen atoms in total. The molecule has 0 spiro atoms. The Kier molecular flexibility index (Phi) is 4.34. The van der Waals surface area contributed by atoms with E-state index < -0.39 is 0 Å². The van der Waals surface area contributed by atoms with E-state index in [1.165, 1.54) is 5.56 Å². The van der Waals surface area contributed by atoms with Gasteiger partial charge in [-0.3, -0.25) is 4.90 Å². The molecular formula is C20H22N4O. The number of likely N-dealkylation sites (tertiary alicyclic amines) is 1. The van der Waals surface area contributed by atoms with E-state index in [1.54, 1.807) is 0 Å². The molecule has 0 unspecified atom stereocenters. The molecule has 2 aromatic carbocycles. The normalized spacial score (nSPS) is 20.9. The van der Waals surface area contributed by atoms with Gasteiger partial charge in [-0.2, -0.15) is 4.98 Å². The minimum atomic E-state index is 0.130. The second kappa shape index (κ2) is 6.78. The molecule has 2 N–H and O–H groups in total. The fourth-order valence-electron chi connectivity index (χ4n) is 3.54. The van der Waals surface area contributed by atoms with Crippen LogP contribution in [-0.2, 0) is 6.54 Å². The number of hydrogen-bond acceptors (Lipinski definition) is 5. The summed E-state index contributed by atoms with van der Waals surface area (Å²) in [6.45, 7) is 4.46. The SMILES string of the molecule is Cc1ccccc1-c1nc(CN2C[C@@H](N)[C@H](c3ccccc3)C2)no1. The van der Waals surface area contributed by atoms with Crippen LogP contribution in [0.15, 0.2) is 59.1 Å². The summed E-state index contributed by atoms with van der Waals surface area (Å²) < 4.78 is 5.46. The van der Waals surface area contributed by atoms with E-state index in [0.29, 0.717) is 24.2 Å². The van der Waals surface area contributed by atoms with Gasteiger partial charge in [0.15, 0.2) is 5.82 Å². The molecule has 25 heavy (non-hydrogen) atoms. The van der Waals surface area contributed by atoms with E-state index in [2.05, 4.69) is 39.3 Å². The summed E-state index contributed by atoms with van der Waals surface area (Å²) in [5, 5.41) is 4.15. The van der Waals surface area contributed by atoms with Crippen molar-refractivity contribution in [3.63, 3.8) is 0 Å². The van der Waals surface area contributed by atoms with Crippen LogP contribution in [0.4, 0.5) is 0 Å². The van der Waals surface area contributed by atoms with Crippen LogP contribution in [0.3, 0.4) is 0 Å². The number of nitrogens with two attached hydrogens (primary N) is 1. The number of rotatable bonds is 4. The molecule has 0 bridgehead atoms. The van der Waals surface area contributed by atoms with E-state index in [1.807, 2.05) is 37.3 Å². The summed E-state index contributed by atoms with van der Waals surface area (Å²) in [6.07, 6.45) is 0. The second-order valence-corrected chi connectivity index (χ2v) is 6.71. The Morgan fingerprint density at radius 3 is 2.64 bits per heavy atom. The van der Waals surface area contributed by atoms with Gasteiger partial charge in [0.1, 0.15) is 0 Å². The number of nitrogens with zero attached hydrogens (tertiary/aromatic N) is 3. The Morgan fingerprint density at radius 2 is 1.84 bits per heavy atom. The lowest BCUT2D eigenvalue weighted by Gasteiger charge is -2.14. The molecule has 3 aromatic rings. The van der Waals surface area contributed by atoms with E-state index in [0.717, 1.165) is 24.2 Å². The van der Waals surface area contributed by atoms with Crippen LogP contribution in [-0.4, -0.2) is 34.2 Å². The first kappa shape index (κ1) is 16.0. The van der Waals surface area contributed by atoms with Crippen molar-refractivity contribution in [3.05, 3.63) is 71.5 Å². The summed E-state index contributed by atoms with van der Waals surface area (Å²) in [6, 6.07) is 18.6. The smallest absolute Gasteiger partial charge is 0.258 e. The van der Waals surface area contributed by atoms with Crippen LogP contribution in [0, 0.1) is 6.92 Å². The maximum Gasteiger partial charge on any atom is 0.258 e. The summed E-state index contributed by atoms with van der Waals surface area (Å²) in [5.41, 5.74) is 9.78. The van der Waals surface area contributed by atoms with Gasteiger partial charge in [-0.05, 0) is 24.1 Å². The topological polar surface area (TPSA) is 68.2 Å². The third-order valence-electron chi connectivity index (χ3n) is 4.88. The Bertz CT molecular complexity index is 846. The number of benzene rings is 2. The molecule has 1 aliphatic heterocycles. The highest BCUT2D eigenvalue weighted by Crippen LogP contribution is 2.27. The van der Waals surface area contributed by atoms with Crippen LogP contribution in [0.25, 0.3) is 11.5 Å². The Balaban J connectivity index is 1.46. The highest BCUT2D eigenvalue weighted by Gasteiger charge is 2.31. The first-order valence-corrected chi connectivity index (χ1v) is 8.62. The van der Waals surface area contributed by atoms with Crippen molar-refractivity contribution in [2.45, 2.75) is 25.4 Å². The maximum atomic E-state index is 6.37. The Morgan fingerprint density at radius 1 is 1.08 bits per heavy atom. The van der Waals surface area contributed by atoms with Crippen molar-refractivity contribution < 1.29 is 4.52 Å². The molecule has 1 aromatic heterocycles. The third-order valence-corrected chi connectivity index (χ3v) is 4.88. The standard InChI is InChI=1S/C20H22N4O/c1-14-7-5-6-10-16(14)20-22-19(23-25-20)13-24-11-17(18(21)12-24)15-8-3-2-4-9-15/h2-10,17-18H,11-13,21H2,1H3/t17-,18+/m0/s1. The van der Waals surface area contributed by atoms with Gasteiger partial charge in [-0.1, -0.05) is 53.7 Å². The first-order valence-electron chi connectivity index (χ1n) is 8.62. The van der Waals surface area contributed by atoms with Crippen LogP contribution in [0.1, 0.15) is 22.9 Å². The van der Waals surface area contributed by atoms with Gasteiger partial charge < -0.3 is 10.3 Å². The molecule has 4 rings (SSSR count). The summed E-state index contributed by atoms with van der Waals surface area (Å²) in [7, 11) is 0. The Labute approximate surface area is 147 Å². The zero-order chi connectivity index (χ0) is 17.2. The first-order chi connectivity index (χ1) is 12.2. The highest BCUT2D eigenvalue weighted by atomic mass is 16.5. The Hall–Kier alpha value is -2.50. The molecule has 0 amide bonds. The fraction of sp³-hybridized carbons (Fsp3) is 0.300. The third kappa shape index (κ3) is 3.34. The lowest BCUT2D eigenvalue weighted by Crippen LogP contribution is -2.28. The molecule has 1 saturated heterocycles. The number of hydrogen-bond donors (Lipinski definition) is 1. The minimum Gasteiger partial charge on any atom is -0.334 e. The van der Waals surface area contributed by atoms with Crippen molar-refractivity contribution in [3.8, 4) is 11.5 Å². The van der Waals surface area contributed by atoms with Gasteiger partial charge >= 0.3 is 0 Å². The number of aromatic nitrogens is 2. The van der Waals surface area contributed by atoms with Crippen LogP contribution < -0.4 is 5.73 Å². The highest BCUT2D eigenvalue weighted by molar-refractivity contribution is 5.57. The average Bonchev–Trinajstić information content (AvgIpc) is 3.23. The minimum absolute atomic E-state index is 0.130. The molecule has 128 valence electrons. The van der Waals surface area contributed by atoms with E-state index >= 15 is 0 Å². The largest absolute Gasteiger partial charge is 0.334 e. The molecule has 2 atom stereocenters. The van der Waals surface area contributed by atoms with Crippen LogP contribution in [0.5, 0.6) is 0 Å². The molecule has 0 aliphatic carbocycles. The van der Waals surface area contributed by atoms with Crippen LogP contribution >= 0.6 is 0 Å². The van der Waals surface area contributed by atoms with Gasteiger partial charge in [0.05, 0.1) is 6.54 Å². The van der Waals surface area contributed by atoms with Crippen molar-refractivity contribution >= 4 is 0 Å². The molecule has 5 heteroatoms. The summed E-state index contributed by atoms with van der Waals surface area (Å²) in [5.74, 6) is 1.64. The van der Waals surface area contributed by atoms with Gasteiger partial charge in [0, 0.05) is 30.6 Å². The second-order valence-electron chi connectivity index (χ2n) is 6.71. The maximum absolute atomic E-state index is 6.37. The molecule has 0 radical (unpaired) electrons. The number of aryl methyl sites for hydroxylation is 1. The predicted molar refractivity (Wildman–Crippen MR) is 96.9 cm³/mol. The van der Waals surface area contributed by atoms with Gasteiger partial charge in [0.2, 0.25) is 0 Å². The lowest BCUT2D eigenvalue weighted by molar-refractivity contribution is 0.306. The van der Waals surface area contributed by atoms with E-state index in [9.17, 15) is 0 Å². The van der Waals surface area contributed by atoms with Crippen molar-refractivity contribution in [1.29, 1.82) is 0 Å². The summed E-state index contributed by atoms with van der Waals surface area (Å²) in [4.78, 5) is 6.87. The van der Waals surface area contributed by atoms with E-state index in [-0.39, 0.29) is 6.04 Å². The quantitative estimate of drug-likeness (QED) is 0.794. The molecule has 2 heterocycles. The molecular weight excluding hydrogens is 312 g/mol. The average molecular weight is 334 g/mol.